The molecule has 2 fully saturated rings. The van der Waals surface area contributed by atoms with Crippen LogP contribution in [0.25, 0.3) is 0 Å². The zero-order valence-corrected chi connectivity index (χ0v) is 12.2. The number of halogens is 1. The number of hydrogen-bond acceptors (Lipinski definition) is 4. The topological polar surface area (TPSA) is 42.4 Å². The van der Waals surface area contributed by atoms with E-state index in [0.29, 0.717) is 12.2 Å². The fourth-order valence-electron chi connectivity index (χ4n) is 3.29. The van der Waals surface area contributed by atoms with Gasteiger partial charge in [0, 0.05) is 18.4 Å². The van der Waals surface area contributed by atoms with Gasteiger partial charge in [-0.1, -0.05) is 0 Å². The molecule has 2 atom stereocenters. The van der Waals surface area contributed by atoms with E-state index in [2.05, 4.69) is 4.98 Å². The van der Waals surface area contributed by atoms with E-state index < -0.39 is 11.9 Å². The second-order valence-corrected chi connectivity index (χ2v) is 7.00. The average Bonchev–Trinajstić information content (AvgIpc) is 2.47. The summed E-state index contributed by atoms with van der Waals surface area (Å²) < 4.78 is 19.3. The van der Waals surface area contributed by atoms with Crippen LogP contribution in [0, 0.1) is 11.7 Å². The second-order valence-electron chi connectivity index (χ2n) is 5.78. The highest BCUT2D eigenvalue weighted by atomic mass is 32.2. The van der Waals surface area contributed by atoms with E-state index in [4.69, 9.17) is 4.74 Å². The smallest absolute Gasteiger partial charge is 0.141 e. The van der Waals surface area contributed by atoms with Crippen LogP contribution in [0.3, 0.4) is 0 Å². The van der Waals surface area contributed by atoms with Crippen LogP contribution in [0.15, 0.2) is 18.5 Å². The van der Waals surface area contributed by atoms with Crippen LogP contribution in [0.2, 0.25) is 0 Å². The van der Waals surface area contributed by atoms with Crippen molar-refractivity contribution in [1.82, 2.24) is 4.98 Å². The summed E-state index contributed by atoms with van der Waals surface area (Å²) in [5, 5.41) is 10.5. The Bertz CT molecular complexity index is 459. The van der Waals surface area contributed by atoms with Gasteiger partial charge in [-0.3, -0.25) is 4.98 Å². The van der Waals surface area contributed by atoms with Gasteiger partial charge in [0.25, 0.3) is 0 Å². The van der Waals surface area contributed by atoms with E-state index in [-0.39, 0.29) is 11.5 Å². The highest BCUT2D eigenvalue weighted by Gasteiger charge is 2.41. The first kappa shape index (κ1) is 14.3. The third-order valence-corrected chi connectivity index (χ3v) is 5.43. The number of ether oxygens (including phenoxy) is 1. The van der Waals surface area contributed by atoms with Gasteiger partial charge >= 0.3 is 0 Å². The molecular formula is C15H20FNO2S. The number of nitrogens with zero attached hydrogens (tertiary/aromatic N) is 1. The lowest BCUT2D eigenvalue weighted by Crippen LogP contribution is -2.44. The van der Waals surface area contributed by atoms with Crippen LogP contribution in [0.4, 0.5) is 4.39 Å². The minimum Gasteiger partial charge on any atom is -0.388 e. The molecule has 1 aromatic rings. The number of aliphatic hydroxyl groups excluding tert-OH is 1. The summed E-state index contributed by atoms with van der Waals surface area (Å²) in [6, 6.07) is 1.39. The molecule has 2 aliphatic rings. The number of thioether (sulfide) groups is 1. The third kappa shape index (κ3) is 3.00. The number of rotatable bonds is 2. The highest BCUT2D eigenvalue weighted by molar-refractivity contribution is 7.99. The van der Waals surface area contributed by atoms with Crippen LogP contribution in [-0.4, -0.2) is 33.8 Å². The Balaban J connectivity index is 1.73. The molecule has 2 unspecified atom stereocenters. The zero-order valence-electron chi connectivity index (χ0n) is 11.4. The van der Waals surface area contributed by atoms with Crippen LogP contribution >= 0.6 is 11.8 Å². The van der Waals surface area contributed by atoms with E-state index in [1.807, 2.05) is 11.8 Å². The van der Waals surface area contributed by atoms with Gasteiger partial charge in [-0.2, -0.15) is 11.8 Å². The van der Waals surface area contributed by atoms with Crippen LogP contribution in [0.5, 0.6) is 0 Å². The maximum Gasteiger partial charge on any atom is 0.141 e. The standard InChI is InChI=1S/C15H20FNO2S/c16-13-7-12(9-17-10-13)14(18)11-1-4-19-15(8-11)2-5-20-6-3-15/h7,9-11,14,18H,1-6,8H2. The Morgan fingerprint density at radius 1 is 1.40 bits per heavy atom. The molecule has 110 valence electrons. The molecule has 3 rings (SSSR count). The molecule has 0 amide bonds. The number of pyridine rings is 1. The summed E-state index contributed by atoms with van der Waals surface area (Å²) in [6.07, 6.45) is 5.89. The molecular weight excluding hydrogens is 277 g/mol. The largest absolute Gasteiger partial charge is 0.388 e. The average molecular weight is 297 g/mol. The Kier molecular flexibility index (Phi) is 4.29. The Labute approximate surface area is 122 Å². The molecule has 2 aliphatic heterocycles. The van der Waals surface area contributed by atoms with E-state index in [0.717, 1.165) is 37.2 Å². The lowest BCUT2D eigenvalue weighted by molar-refractivity contribution is -0.121. The van der Waals surface area contributed by atoms with Gasteiger partial charge in [0.15, 0.2) is 0 Å². The van der Waals surface area contributed by atoms with Gasteiger partial charge in [0.1, 0.15) is 5.82 Å². The molecule has 3 nitrogen and oxygen atoms in total. The summed E-state index contributed by atoms with van der Waals surface area (Å²) >= 11 is 1.97. The highest BCUT2D eigenvalue weighted by Crippen LogP contribution is 2.43. The Hall–Kier alpha value is -0.650. The van der Waals surface area contributed by atoms with Crippen molar-refractivity contribution in [2.45, 2.75) is 37.4 Å². The Morgan fingerprint density at radius 3 is 2.95 bits per heavy atom. The van der Waals surface area contributed by atoms with Crippen molar-refractivity contribution >= 4 is 11.8 Å². The minimum absolute atomic E-state index is 0.0596. The van der Waals surface area contributed by atoms with Crippen molar-refractivity contribution in [1.29, 1.82) is 0 Å². The van der Waals surface area contributed by atoms with Crippen molar-refractivity contribution in [3.8, 4) is 0 Å². The van der Waals surface area contributed by atoms with E-state index in [1.165, 1.54) is 12.3 Å². The number of aromatic nitrogens is 1. The quantitative estimate of drug-likeness (QED) is 0.911. The van der Waals surface area contributed by atoms with Crippen molar-refractivity contribution in [3.63, 3.8) is 0 Å². The van der Waals surface area contributed by atoms with E-state index >= 15 is 0 Å². The molecule has 2 saturated heterocycles. The molecule has 3 heterocycles. The van der Waals surface area contributed by atoms with Crippen molar-refractivity contribution in [2.24, 2.45) is 5.92 Å². The van der Waals surface area contributed by atoms with Crippen molar-refractivity contribution in [2.75, 3.05) is 18.1 Å². The maximum absolute atomic E-state index is 13.2. The predicted octanol–water partition coefficient (Wildman–Crippen LogP) is 2.95. The SMILES string of the molecule is OC(c1cncc(F)c1)C1CCOC2(CCSCC2)C1. The predicted molar refractivity (Wildman–Crippen MR) is 77.1 cm³/mol. The number of hydrogen-bond donors (Lipinski definition) is 1. The Morgan fingerprint density at radius 2 is 2.20 bits per heavy atom. The van der Waals surface area contributed by atoms with Crippen LogP contribution < -0.4 is 0 Å². The summed E-state index contributed by atoms with van der Waals surface area (Å²) in [6.45, 7) is 0.690. The van der Waals surface area contributed by atoms with Crippen LogP contribution in [0.1, 0.15) is 37.4 Å². The monoisotopic (exact) mass is 297 g/mol. The fourth-order valence-corrected chi connectivity index (χ4v) is 4.53. The second kappa shape index (κ2) is 6.00. The molecule has 0 aliphatic carbocycles. The molecule has 1 aromatic heterocycles. The van der Waals surface area contributed by atoms with Gasteiger partial charge in [-0.25, -0.2) is 4.39 Å². The lowest BCUT2D eigenvalue weighted by atomic mass is 9.78. The first-order valence-electron chi connectivity index (χ1n) is 7.19. The molecule has 0 saturated carbocycles. The molecule has 0 aromatic carbocycles. The minimum atomic E-state index is -0.645. The lowest BCUT2D eigenvalue weighted by Gasteiger charge is -2.44. The van der Waals surface area contributed by atoms with Gasteiger partial charge in [0.2, 0.25) is 0 Å². The molecule has 5 heteroatoms. The molecule has 0 radical (unpaired) electrons. The first-order chi connectivity index (χ1) is 9.69. The van der Waals surface area contributed by atoms with Crippen molar-refractivity contribution in [3.05, 3.63) is 29.8 Å². The summed E-state index contributed by atoms with van der Waals surface area (Å²) in [5.74, 6) is 2.00. The molecule has 20 heavy (non-hydrogen) atoms. The first-order valence-corrected chi connectivity index (χ1v) is 8.34. The molecule has 1 N–H and O–H groups in total. The summed E-state index contributed by atoms with van der Waals surface area (Å²) in [7, 11) is 0. The van der Waals surface area contributed by atoms with Gasteiger partial charge in [-0.15, -0.1) is 0 Å². The molecule has 1 spiro atoms. The van der Waals surface area contributed by atoms with Crippen molar-refractivity contribution < 1.29 is 14.2 Å². The normalized spacial score (nSPS) is 27.4. The van der Waals surface area contributed by atoms with E-state index in [9.17, 15) is 9.50 Å². The van der Waals surface area contributed by atoms with Gasteiger partial charge in [0.05, 0.1) is 17.9 Å². The van der Waals surface area contributed by atoms with Gasteiger partial charge < -0.3 is 9.84 Å². The third-order valence-electron chi connectivity index (χ3n) is 4.45. The molecule has 0 bridgehead atoms. The fraction of sp³-hybridized carbons (Fsp3) is 0.667. The number of aliphatic hydroxyl groups is 1. The summed E-state index contributed by atoms with van der Waals surface area (Å²) in [5.41, 5.74) is 0.521. The summed E-state index contributed by atoms with van der Waals surface area (Å²) in [4.78, 5) is 3.83. The van der Waals surface area contributed by atoms with Crippen LogP contribution in [-0.2, 0) is 4.74 Å². The maximum atomic E-state index is 13.2. The van der Waals surface area contributed by atoms with E-state index in [1.54, 1.807) is 6.20 Å². The van der Waals surface area contributed by atoms with Gasteiger partial charge in [-0.05, 0) is 49.2 Å². The zero-order chi connectivity index (χ0) is 14.0.